The topological polar surface area (TPSA) is 63.4 Å². The second-order valence-electron chi connectivity index (χ2n) is 4.81. The van der Waals surface area contributed by atoms with Crippen LogP contribution in [0.4, 0.5) is 5.69 Å². The fourth-order valence-corrected chi connectivity index (χ4v) is 2.74. The Morgan fingerprint density at radius 1 is 1.24 bits per heavy atom. The summed E-state index contributed by atoms with van der Waals surface area (Å²) >= 11 is 0. The van der Waals surface area contributed by atoms with Crippen molar-refractivity contribution in [3.05, 3.63) is 24.3 Å². The number of anilines is 1. The van der Waals surface area contributed by atoms with Crippen molar-refractivity contribution in [1.29, 1.82) is 0 Å². The molecule has 94 valence electrons. The Kier molecular flexibility index (Phi) is 3.14. The minimum Gasteiger partial charge on any atom is -0.370 e. The monoisotopic (exact) mass is 254 g/mol. The molecule has 0 spiro atoms. The maximum absolute atomic E-state index is 11.3. The van der Waals surface area contributed by atoms with Crippen molar-refractivity contribution in [1.82, 2.24) is 0 Å². The van der Waals surface area contributed by atoms with Gasteiger partial charge in [-0.25, -0.2) is 8.42 Å². The first-order valence-corrected chi connectivity index (χ1v) is 7.58. The van der Waals surface area contributed by atoms with Gasteiger partial charge < -0.3 is 10.6 Å². The van der Waals surface area contributed by atoms with Crippen LogP contribution >= 0.6 is 0 Å². The first-order chi connectivity index (χ1) is 7.88. The number of rotatable bonds is 2. The van der Waals surface area contributed by atoms with Gasteiger partial charge in [0.2, 0.25) is 0 Å². The highest BCUT2D eigenvalue weighted by atomic mass is 32.2. The second kappa shape index (κ2) is 4.31. The second-order valence-corrected chi connectivity index (χ2v) is 6.83. The molecule has 0 saturated carbocycles. The van der Waals surface area contributed by atoms with Crippen LogP contribution in [0.5, 0.6) is 0 Å². The normalized spacial score (nSPS) is 25.2. The average molecular weight is 254 g/mol. The predicted octanol–water partition coefficient (Wildman–Crippen LogP) is 0.873. The smallest absolute Gasteiger partial charge is 0.175 e. The summed E-state index contributed by atoms with van der Waals surface area (Å²) < 4.78 is 22.7. The molecular weight excluding hydrogens is 236 g/mol. The van der Waals surface area contributed by atoms with E-state index in [0.717, 1.165) is 18.8 Å². The zero-order valence-electron chi connectivity index (χ0n) is 10.1. The molecular formula is C12H18N2O2S. The van der Waals surface area contributed by atoms with Crippen LogP contribution in [0.15, 0.2) is 29.2 Å². The molecule has 0 aliphatic carbocycles. The summed E-state index contributed by atoms with van der Waals surface area (Å²) in [4.78, 5) is 2.55. The molecule has 1 aliphatic heterocycles. The van der Waals surface area contributed by atoms with E-state index in [1.165, 1.54) is 6.26 Å². The lowest BCUT2D eigenvalue weighted by molar-refractivity contribution is 0.566. The Bertz CT molecular complexity index is 486. The quantitative estimate of drug-likeness (QED) is 0.850. The van der Waals surface area contributed by atoms with Gasteiger partial charge in [0, 0.05) is 31.1 Å². The van der Waals surface area contributed by atoms with Crippen molar-refractivity contribution < 1.29 is 8.42 Å². The molecule has 4 nitrogen and oxygen atoms in total. The van der Waals surface area contributed by atoms with Gasteiger partial charge in [0.05, 0.1) is 4.90 Å². The summed E-state index contributed by atoms with van der Waals surface area (Å²) in [6, 6.07) is 7.20. The third kappa shape index (κ3) is 2.61. The van der Waals surface area contributed by atoms with Crippen molar-refractivity contribution >= 4 is 15.5 Å². The molecule has 0 aromatic heterocycles. The van der Waals surface area contributed by atoms with Gasteiger partial charge in [0.1, 0.15) is 0 Å². The molecule has 1 aromatic carbocycles. The highest BCUT2D eigenvalue weighted by molar-refractivity contribution is 7.90. The van der Waals surface area contributed by atoms with Gasteiger partial charge in [0.25, 0.3) is 0 Å². The lowest BCUT2D eigenvalue weighted by atomic mass is 10.1. The molecule has 2 N–H and O–H groups in total. The van der Waals surface area contributed by atoms with Gasteiger partial charge in [0.15, 0.2) is 9.84 Å². The number of nitrogens with two attached hydrogens (primary N) is 1. The molecule has 1 heterocycles. The van der Waals surface area contributed by atoms with E-state index in [1.807, 2.05) is 12.1 Å². The van der Waals surface area contributed by atoms with Gasteiger partial charge in [-0.3, -0.25) is 0 Å². The van der Waals surface area contributed by atoms with Crippen LogP contribution in [0.1, 0.15) is 6.92 Å². The van der Waals surface area contributed by atoms with Gasteiger partial charge in [-0.05, 0) is 30.2 Å². The molecule has 2 rings (SSSR count). The summed E-state index contributed by atoms with van der Waals surface area (Å²) in [7, 11) is -3.11. The summed E-state index contributed by atoms with van der Waals surface area (Å²) in [5, 5.41) is 0. The summed E-state index contributed by atoms with van der Waals surface area (Å²) in [6.45, 7) is 3.90. The number of sulfone groups is 1. The minimum atomic E-state index is -3.11. The maximum atomic E-state index is 11.3. The molecule has 1 fully saturated rings. The number of hydrogen-bond acceptors (Lipinski definition) is 4. The Labute approximate surface area is 102 Å². The first-order valence-electron chi connectivity index (χ1n) is 5.68. The van der Waals surface area contributed by atoms with Crippen LogP contribution in [-0.2, 0) is 9.84 Å². The van der Waals surface area contributed by atoms with Crippen molar-refractivity contribution in [2.75, 3.05) is 24.2 Å². The van der Waals surface area contributed by atoms with E-state index >= 15 is 0 Å². The molecule has 1 aromatic rings. The minimum absolute atomic E-state index is 0.199. The Morgan fingerprint density at radius 2 is 1.82 bits per heavy atom. The molecule has 0 bridgehead atoms. The van der Waals surface area contributed by atoms with Crippen LogP contribution in [0.3, 0.4) is 0 Å². The molecule has 17 heavy (non-hydrogen) atoms. The Balaban J connectivity index is 2.20. The fraction of sp³-hybridized carbons (Fsp3) is 0.500. The largest absolute Gasteiger partial charge is 0.370 e. The average Bonchev–Trinajstić information content (AvgIpc) is 2.58. The zero-order valence-corrected chi connectivity index (χ0v) is 10.9. The number of benzene rings is 1. The summed E-state index contributed by atoms with van der Waals surface area (Å²) in [6.07, 6.45) is 1.22. The van der Waals surface area contributed by atoms with Gasteiger partial charge in [-0.15, -0.1) is 0 Å². The van der Waals surface area contributed by atoms with Gasteiger partial charge >= 0.3 is 0 Å². The molecule has 2 atom stereocenters. The zero-order chi connectivity index (χ0) is 12.6. The van der Waals surface area contributed by atoms with E-state index in [-0.39, 0.29) is 6.04 Å². The highest BCUT2D eigenvalue weighted by Gasteiger charge is 2.26. The number of nitrogens with zero attached hydrogens (tertiary/aromatic N) is 1. The molecule has 0 amide bonds. The Hall–Kier alpha value is -1.07. The van der Waals surface area contributed by atoms with E-state index in [0.29, 0.717) is 10.8 Å². The molecule has 1 saturated heterocycles. The van der Waals surface area contributed by atoms with Crippen LogP contribution in [0, 0.1) is 5.92 Å². The van der Waals surface area contributed by atoms with Gasteiger partial charge in [-0.2, -0.15) is 0 Å². The Morgan fingerprint density at radius 3 is 2.24 bits per heavy atom. The molecule has 1 aliphatic rings. The van der Waals surface area contributed by atoms with E-state index in [4.69, 9.17) is 5.73 Å². The summed E-state index contributed by atoms with van der Waals surface area (Å²) in [5.74, 6) is 0.476. The van der Waals surface area contributed by atoms with E-state index in [1.54, 1.807) is 12.1 Å². The first kappa shape index (κ1) is 12.4. The lowest BCUT2D eigenvalue weighted by Gasteiger charge is -2.18. The summed E-state index contributed by atoms with van der Waals surface area (Å²) in [5.41, 5.74) is 7.01. The maximum Gasteiger partial charge on any atom is 0.175 e. The SMILES string of the molecule is CC1CN(c2ccc(S(C)(=O)=O)cc2)CC1N. The van der Waals surface area contributed by atoms with Crippen LogP contribution in [-0.4, -0.2) is 33.8 Å². The van der Waals surface area contributed by atoms with Crippen molar-refractivity contribution in [2.24, 2.45) is 11.7 Å². The van der Waals surface area contributed by atoms with Crippen LogP contribution < -0.4 is 10.6 Å². The van der Waals surface area contributed by atoms with Crippen molar-refractivity contribution in [3.63, 3.8) is 0 Å². The molecule has 5 heteroatoms. The third-order valence-corrected chi connectivity index (χ3v) is 4.43. The standard InChI is InChI=1S/C12H18N2O2S/c1-9-7-14(8-12(9)13)10-3-5-11(6-4-10)17(2,15)16/h3-6,9,12H,7-8,13H2,1-2H3. The highest BCUT2D eigenvalue weighted by Crippen LogP contribution is 2.24. The molecule has 0 radical (unpaired) electrons. The van der Waals surface area contributed by atoms with Crippen LogP contribution in [0.25, 0.3) is 0 Å². The van der Waals surface area contributed by atoms with Crippen molar-refractivity contribution in [2.45, 2.75) is 17.9 Å². The molecule has 2 unspecified atom stereocenters. The predicted molar refractivity (Wildman–Crippen MR) is 68.9 cm³/mol. The van der Waals surface area contributed by atoms with E-state index in [9.17, 15) is 8.42 Å². The lowest BCUT2D eigenvalue weighted by Crippen LogP contribution is -2.28. The third-order valence-electron chi connectivity index (χ3n) is 3.30. The van der Waals surface area contributed by atoms with Crippen molar-refractivity contribution in [3.8, 4) is 0 Å². The number of hydrogen-bond donors (Lipinski definition) is 1. The van der Waals surface area contributed by atoms with Gasteiger partial charge in [-0.1, -0.05) is 6.92 Å². The van der Waals surface area contributed by atoms with E-state index in [2.05, 4.69) is 11.8 Å². The van der Waals surface area contributed by atoms with E-state index < -0.39 is 9.84 Å². The van der Waals surface area contributed by atoms with Crippen LogP contribution in [0.2, 0.25) is 0 Å². The fourth-order valence-electron chi connectivity index (χ4n) is 2.11.